The van der Waals surface area contributed by atoms with E-state index in [0.717, 1.165) is 38.3 Å². The summed E-state index contributed by atoms with van der Waals surface area (Å²) < 4.78 is 1.98. The summed E-state index contributed by atoms with van der Waals surface area (Å²) >= 11 is 0. The molecule has 0 amide bonds. The number of nitrogens with zero attached hydrogens (tertiary/aromatic N) is 4. The fourth-order valence-corrected chi connectivity index (χ4v) is 1.65. The normalized spacial score (nSPS) is 13.3. The number of rotatable bonds is 7. The lowest BCUT2D eigenvalue weighted by Gasteiger charge is -2.23. The minimum absolute atomic E-state index is 0.483. The van der Waals surface area contributed by atoms with Crippen LogP contribution in [0.3, 0.4) is 0 Å². The summed E-state index contributed by atoms with van der Waals surface area (Å²) in [7, 11) is 2.10. The van der Waals surface area contributed by atoms with Crippen molar-refractivity contribution in [3.8, 4) is 0 Å². The van der Waals surface area contributed by atoms with E-state index >= 15 is 0 Å². The Morgan fingerprint density at radius 1 is 1.56 bits per heavy atom. The van der Waals surface area contributed by atoms with Crippen LogP contribution in [0.1, 0.15) is 32.5 Å². The average Bonchev–Trinajstić information content (AvgIpc) is 2.67. The molecule has 0 bridgehead atoms. The van der Waals surface area contributed by atoms with Crippen LogP contribution < -0.4 is 5.73 Å². The van der Waals surface area contributed by atoms with Gasteiger partial charge in [-0.25, -0.2) is 9.67 Å². The SMILES string of the molecule is CCCn1ncnc1CN(C)C(C)CCN. The van der Waals surface area contributed by atoms with E-state index in [-0.39, 0.29) is 0 Å². The third-order valence-electron chi connectivity index (χ3n) is 2.86. The molecule has 0 fully saturated rings. The molecule has 1 atom stereocenters. The van der Waals surface area contributed by atoms with Crippen molar-refractivity contribution in [3.05, 3.63) is 12.2 Å². The van der Waals surface area contributed by atoms with Crippen LogP contribution in [0.2, 0.25) is 0 Å². The molecule has 5 nitrogen and oxygen atoms in total. The maximum Gasteiger partial charge on any atom is 0.141 e. The van der Waals surface area contributed by atoms with Gasteiger partial charge in [0, 0.05) is 12.6 Å². The summed E-state index contributed by atoms with van der Waals surface area (Å²) in [6.07, 6.45) is 3.73. The lowest BCUT2D eigenvalue weighted by molar-refractivity contribution is 0.230. The van der Waals surface area contributed by atoms with Gasteiger partial charge in [0.25, 0.3) is 0 Å². The smallest absolute Gasteiger partial charge is 0.141 e. The molecule has 0 aliphatic rings. The summed E-state index contributed by atoms with van der Waals surface area (Å²) in [5, 5.41) is 4.22. The van der Waals surface area contributed by atoms with E-state index in [1.54, 1.807) is 6.33 Å². The molecule has 0 aliphatic heterocycles. The van der Waals surface area contributed by atoms with E-state index in [1.165, 1.54) is 0 Å². The van der Waals surface area contributed by atoms with Gasteiger partial charge in [-0.3, -0.25) is 4.90 Å². The van der Waals surface area contributed by atoms with E-state index in [9.17, 15) is 0 Å². The molecule has 2 N–H and O–H groups in total. The molecule has 1 aromatic rings. The molecule has 5 heteroatoms. The first-order valence-corrected chi connectivity index (χ1v) is 5.96. The van der Waals surface area contributed by atoms with Crippen molar-refractivity contribution >= 4 is 0 Å². The Kier molecular flexibility index (Phi) is 5.42. The Hall–Kier alpha value is -0.940. The standard InChI is InChI=1S/C11H23N5/c1-4-7-16-11(13-9-14-16)8-15(3)10(2)5-6-12/h9-10H,4-8,12H2,1-3H3. The van der Waals surface area contributed by atoms with Gasteiger partial charge in [0.1, 0.15) is 12.2 Å². The van der Waals surface area contributed by atoms with Crippen LogP contribution >= 0.6 is 0 Å². The van der Waals surface area contributed by atoms with Crippen LogP contribution in [0.5, 0.6) is 0 Å². The fourth-order valence-electron chi connectivity index (χ4n) is 1.65. The predicted octanol–water partition coefficient (Wildman–Crippen LogP) is 0.857. The summed E-state index contributed by atoms with van der Waals surface area (Å²) in [6, 6.07) is 0.483. The third-order valence-corrected chi connectivity index (χ3v) is 2.86. The Morgan fingerprint density at radius 3 is 2.94 bits per heavy atom. The second-order valence-electron chi connectivity index (χ2n) is 4.24. The van der Waals surface area contributed by atoms with Crippen LogP contribution in [0.15, 0.2) is 6.33 Å². The van der Waals surface area contributed by atoms with Crippen LogP contribution in [0.25, 0.3) is 0 Å². The maximum absolute atomic E-state index is 5.56. The van der Waals surface area contributed by atoms with Crippen LogP contribution in [0.4, 0.5) is 0 Å². The minimum Gasteiger partial charge on any atom is -0.330 e. The van der Waals surface area contributed by atoms with E-state index in [0.29, 0.717) is 6.04 Å². The Morgan fingerprint density at radius 2 is 2.31 bits per heavy atom. The number of nitrogens with two attached hydrogens (primary N) is 1. The molecule has 1 unspecified atom stereocenters. The van der Waals surface area contributed by atoms with E-state index in [2.05, 4.69) is 35.9 Å². The first-order valence-electron chi connectivity index (χ1n) is 5.96. The lowest BCUT2D eigenvalue weighted by atomic mass is 10.2. The zero-order valence-corrected chi connectivity index (χ0v) is 10.6. The van der Waals surface area contributed by atoms with Crippen molar-refractivity contribution in [2.75, 3.05) is 13.6 Å². The van der Waals surface area contributed by atoms with Gasteiger partial charge < -0.3 is 5.73 Å². The molecule has 0 spiro atoms. The van der Waals surface area contributed by atoms with Gasteiger partial charge in [-0.15, -0.1) is 0 Å². The molecule has 92 valence electrons. The van der Waals surface area contributed by atoms with Gasteiger partial charge in [-0.1, -0.05) is 6.92 Å². The lowest BCUT2D eigenvalue weighted by Crippen LogP contribution is -2.31. The second kappa shape index (κ2) is 6.60. The molecule has 1 rings (SSSR count). The molecule has 0 saturated carbocycles. The van der Waals surface area contributed by atoms with Crippen LogP contribution in [-0.4, -0.2) is 39.3 Å². The van der Waals surface area contributed by atoms with Gasteiger partial charge in [0.15, 0.2) is 0 Å². The molecule has 1 aromatic heterocycles. The van der Waals surface area contributed by atoms with Crippen molar-refractivity contribution in [2.45, 2.75) is 45.8 Å². The van der Waals surface area contributed by atoms with Crippen LogP contribution in [0, 0.1) is 0 Å². The molecule has 1 heterocycles. The largest absolute Gasteiger partial charge is 0.330 e. The first kappa shape index (κ1) is 13.1. The Labute approximate surface area is 97.6 Å². The van der Waals surface area contributed by atoms with Gasteiger partial charge in [0.05, 0.1) is 6.54 Å². The second-order valence-corrected chi connectivity index (χ2v) is 4.24. The summed E-state index contributed by atoms with van der Waals surface area (Å²) in [4.78, 5) is 6.56. The number of aromatic nitrogens is 3. The highest BCUT2D eigenvalue weighted by molar-refractivity contribution is 4.85. The quantitative estimate of drug-likeness (QED) is 0.747. The molecule has 0 radical (unpaired) electrons. The monoisotopic (exact) mass is 225 g/mol. The van der Waals surface area contributed by atoms with Gasteiger partial charge >= 0.3 is 0 Å². The molecular formula is C11H23N5. The summed E-state index contributed by atoms with van der Waals surface area (Å²) in [6.45, 7) is 6.84. The van der Waals surface area contributed by atoms with E-state index in [1.807, 2.05) is 4.68 Å². The first-order chi connectivity index (χ1) is 7.69. The van der Waals surface area contributed by atoms with Crippen molar-refractivity contribution in [1.29, 1.82) is 0 Å². The zero-order valence-electron chi connectivity index (χ0n) is 10.6. The average molecular weight is 225 g/mol. The van der Waals surface area contributed by atoms with E-state index in [4.69, 9.17) is 5.73 Å². The van der Waals surface area contributed by atoms with Crippen molar-refractivity contribution in [3.63, 3.8) is 0 Å². The Bertz CT molecular complexity index is 296. The molecule has 0 aromatic carbocycles. The van der Waals surface area contributed by atoms with E-state index < -0.39 is 0 Å². The maximum atomic E-state index is 5.56. The van der Waals surface area contributed by atoms with Gasteiger partial charge in [-0.05, 0) is 33.4 Å². The van der Waals surface area contributed by atoms with Crippen LogP contribution in [-0.2, 0) is 13.1 Å². The topological polar surface area (TPSA) is 60.0 Å². The highest BCUT2D eigenvalue weighted by atomic mass is 15.3. The minimum atomic E-state index is 0.483. The molecule has 0 saturated heterocycles. The molecule has 0 aliphatic carbocycles. The van der Waals surface area contributed by atoms with Crippen molar-refractivity contribution in [1.82, 2.24) is 19.7 Å². The summed E-state index contributed by atoms with van der Waals surface area (Å²) in [5.41, 5.74) is 5.56. The highest BCUT2D eigenvalue weighted by Crippen LogP contribution is 2.06. The zero-order chi connectivity index (χ0) is 12.0. The van der Waals surface area contributed by atoms with Crippen molar-refractivity contribution in [2.24, 2.45) is 5.73 Å². The van der Waals surface area contributed by atoms with Crippen molar-refractivity contribution < 1.29 is 0 Å². The predicted molar refractivity (Wildman–Crippen MR) is 64.9 cm³/mol. The van der Waals surface area contributed by atoms with Gasteiger partial charge in [-0.2, -0.15) is 5.10 Å². The fraction of sp³-hybridized carbons (Fsp3) is 0.818. The summed E-state index contributed by atoms with van der Waals surface area (Å²) in [5.74, 6) is 1.04. The molecule has 16 heavy (non-hydrogen) atoms. The highest BCUT2D eigenvalue weighted by Gasteiger charge is 2.12. The number of hydrogen-bond acceptors (Lipinski definition) is 4. The molecular weight excluding hydrogens is 202 g/mol. The third kappa shape index (κ3) is 3.57. The van der Waals surface area contributed by atoms with Gasteiger partial charge in [0.2, 0.25) is 0 Å². The number of aryl methyl sites for hydroxylation is 1. The number of hydrogen-bond donors (Lipinski definition) is 1. The Balaban J connectivity index is 2.54.